The summed E-state index contributed by atoms with van der Waals surface area (Å²) < 4.78 is 23.7. The van der Waals surface area contributed by atoms with E-state index in [-0.39, 0.29) is 11.6 Å². The van der Waals surface area contributed by atoms with E-state index in [0.717, 1.165) is 12.1 Å². The molecule has 142 valence electrons. The fraction of sp³-hybridized carbons (Fsp3) is 0.111. The molecule has 9 heteroatoms. The molecule has 0 spiro atoms. The predicted octanol–water partition coefficient (Wildman–Crippen LogP) is 3.02. The van der Waals surface area contributed by atoms with Crippen LogP contribution >= 0.6 is 11.6 Å². The lowest BCUT2D eigenvalue weighted by molar-refractivity contribution is -0.124. The van der Waals surface area contributed by atoms with Gasteiger partial charge in [0.1, 0.15) is 5.82 Å². The minimum Gasteiger partial charge on any atom is -0.493 e. The lowest BCUT2D eigenvalue weighted by Gasteiger charge is -2.11. The zero-order valence-electron chi connectivity index (χ0n) is 14.2. The van der Waals surface area contributed by atoms with Crippen molar-refractivity contribution in [3.63, 3.8) is 0 Å². The number of nitrogens with one attached hydrogen (secondary N) is 2. The summed E-state index contributed by atoms with van der Waals surface area (Å²) in [6.07, 6.45) is 2.60. The van der Waals surface area contributed by atoms with E-state index >= 15 is 0 Å². The second kappa shape index (κ2) is 9.56. The zero-order valence-corrected chi connectivity index (χ0v) is 14.9. The normalized spacial score (nSPS) is 10.5. The second-order valence-corrected chi connectivity index (χ2v) is 5.59. The van der Waals surface area contributed by atoms with Crippen molar-refractivity contribution < 1.29 is 28.7 Å². The van der Waals surface area contributed by atoms with Crippen LogP contribution in [0.3, 0.4) is 0 Å². The quantitative estimate of drug-likeness (QED) is 0.381. The maximum atomic E-state index is 13.1. The molecule has 0 saturated carbocycles. The summed E-state index contributed by atoms with van der Waals surface area (Å²) in [5.74, 6) is -1.07. The summed E-state index contributed by atoms with van der Waals surface area (Å²) in [4.78, 5) is 23.0. The van der Waals surface area contributed by atoms with Gasteiger partial charge in [-0.15, -0.1) is 0 Å². The minimum absolute atomic E-state index is 0.103. The summed E-state index contributed by atoms with van der Waals surface area (Å²) in [5.41, 5.74) is 2.44. The Labute approximate surface area is 159 Å². The van der Waals surface area contributed by atoms with Gasteiger partial charge in [-0.2, -0.15) is 0 Å². The van der Waals surface area contributed by atoms with E-state index in [9.17, 15) is 14.0 Å². The summed E-state index contributed by atoms with van der Waals surface area (Å²) in [6.45, 7) is -0.312. The molecule has 0 atom stereocenters. The summed E-state index contributed by atoms with van der Waals surface area (Å²) in [5, 5.41) is 10.9. The van der Waals surface area contributed by atoms with Crippen LogP contribution in [-0.4, -0.2) is 30.7 Å². The van der Waals surface area contributed by atoms with Crippen LogP contribution < -0.4 is 20.3 Å². The highest BCUT2D eigenvalue weighted by molar-refractivity contribution is 6.31. The smallest absolute Gasteiger partial charge is 0.267 e. The molecule has 0 unspecified atom stereocenters. The van der Waals surface area contributed by atoms with E-state index in [1.54, 1.807) is 18.2 Å². The molecule has 27 heavy (non-hydrogen) atoms. The molecule has 2 rings (SSSR count). The fourth-order valence-electron chi connectivity index (χ4n) is 2.03. The molecule has 0 aliphatic heterocycles. The van der Waals surface area contributed by atoms with Gasteiger partial charge in [0.15, 0.2) is 18.1 Å². The van der Waals surface area contributed by atoms with Crippen molar-refractivity contribution in [1.29, 1.82) is 0 Å². The predicted molar refractivity (Wildman–Crippen MR) is 97.5 cm³/mol. The maximum absolute atomic E-state index is 13.1. The van der Waals surface area contributed by atoms with Crippen LogP contribution in [0.2, 0.25) is 5.02 Å². The zero-order chi connectivity index (χ0) is 19.8. The van der Waals surface area contributed by atoms with Crippen molar-refractivity contribution in [2.24, 2.45) is 0 Å². The van der Waals surface area contributed by atoms with Gasteiger partial charge in [0.05, 0.1) is 12.1 Å². The fourth-order valence-corrected chi connectivity index (χ4v) is 2.21. The third-order valence-electron chi connectivity index (χ3n) is 3.29. The molecule has 0 aliphatic rings. The highest BCUT2D eigenvalue weighted by Crippen LogP contribution is 2.28. The topological polar surface area (TPSA) is 96.9 Å². The first-order chi connectivity index (χ1) is 12.9. The van der Waals surface area contributed by atoms with Crippen LogP contribution in [0.25, 0.3) is 6.08 Å². The number of carbonyl (C=O) groups is 2. The van der Waals surface area contributed by atoms with Crippen molar-refractivity contribution in [2.75, 3.05) is 19.0 Å². The molecule has 7 nitrogen and oxygen atoms in total. The molecule has 0 bridgehead atoms. The molecule has 0 radical (unpaired) electrons. The third-order valence-corrected chi connectivity index (χ3v) is 3.58. The van der Waals surface area contributed by atoms with Crippen LogP contribution in [0, 0.1) is 5.82 Å². The number of methoxy groups -OCH3 is 1. The first kappa shape index (κ1) is 20.2. The van der Waals surface area contributed by atoms with Gasteiger partial charge in [0.25, 0.3) is 11.8 Å². The van der Waals surface area contributed by atoms with Crippen LogP contribution in [0.5, 0.6) is 11.5 Å². The molecule has 3 N–H and O–H groups in total. The number of halogens is 2. The molecular weight excluding hydrogens is 379 g/mol. The average molecular weight is 395 g/mol. The number of hydrogen-bond acceptors (Lipinski definition) is 5. The van der Waals surface area contributed by atoms with Gasteiger partial charge in [-0.05, 0) is 42.0 Å². The molecule has 0 saturated heterocycles. The first-order valence-corrected chi connectivity index (χ1v) is 7.98. The highest BCUT2D eigenvalue weighted by Gasteiger charge is 2.10. The number of anilines is 1. The number of carbonyl (C=O) groups excluding carboxylic acids is 2. The number of benzene rings is 2. The summed E-state index contributed by atoms with van der Waals surface area (Å²) in [7, 11) is 1.43. The van der Waals surface area contributed by atoms with E-state index in [1.807, 2.05) is 0 Å². The number of hydroxylamine groups is 1. The van der Waals surface area contributed by atoms with Crippen molar-refractivity contribution >= 4 is 35.2 Å². The number of rotatable bonds is 7. The van der Waals surface area contributed by atoms with Gasteiger partial charge >= 0.3 is 0 Å². The third kappa shape index (κ3) is 5.98. The first-order valence-electron chi connectivity index (χ1n) is 7.61. The van der Waals surface area contributed by atoms with Gasteiger partial charge in [0, 0.05) is 11.8 Å². The maximum Gasteiger partial charge on any atom is 0.267 e. The number of ether oxygens (including phenoxy) is 2. The lowest BCUT2D eigenvalue weighted by Crippen LogP contribution is -2.20. The lowest BCUT2D eigenvalue weighted by atomic mass is 10.2. The molecule has 2 amide bonds. The SMILES string of the molecule is COc1cc(/C=C/C(=O)NO)ccc1OCC(=O)Nc1ccc(F)c(Cl)c1. The van der Waals surface area contributed by atoms with E-state index in [0.29, 0.717) is 22.7 Å². The van der Waals surface area contributed by atoms with Crippen molar-refractivity contribution in [3.8, 4) is 11.5 Å². The molecule has 0 aliphatic carbocycles. The van der Waals surface area contributed by atoms with Crippen LogP contribution in [0.4, 0.5) is 10.1 Å². The van der Waals surface area contributed by atoms with E-state index in [1.165, 1.54) is 30.8 Å². The molecule has 0 fully saturated rings. The standard InChI is InChI=1S/C18H16ClFN2O5/c1-26-16-8-11(3-7-17(23)22-25)2-6-15(16)27-10-18(24)21-12-4-5-14(20)13(19)9-12/h2-9,25H,10H2,1H3,(H,21,24)(H,22,23)/b7-3+. The Morgan fingerprint density at radius 3 is 2.67 bits per heavy atom. The van der Waals surface area contributed by atoms with Gasteiger partial charge in [0.2, 0.25) is 0 Å². The Morgan fingerprint density at radius 1 is 1.22 bits per heavy atom. The second-order valence-electron chi connectivity index (χ2n) is 5.19. The number of amides is 2. The molecule has 0 heterocycles. The van der Waals surface area contributed by atoms with Crippen LogP contribution in [0.15, 0.2) is 42.5 Å². The van der Waals surface area contributed by atoms with Crippen molar-refractivity contribution in [3.05, 3.63) is 58.9 Å². The summed E-state index contributed by atoms with van der Waals surface area (Å²) in [6, 6.07) is 8.61. The molecule has 0 aromatic heterocycles. The Bertz CT molecular complexity index is 873. The Balaban J connectivity index is 1.99. The van der Waals surface area contributed by atoms with Gasteiger partial charge < -0.3 is 14.8 Å². The largest absolute Gasteiger partial charge is 0.493 e. The van der Waals surface area contributed by atoms with Gasteiger partial charge in [-0.25, -0.2) is 9.87 Å². The van der Waals surface area contributed by atoms with E-state index in [4.69, 9.17) is 26.3 Å². The Kier molecular flexibility index (Phi) is 7.16. The monoisotopic (exact) mass is 394 g/mol. The van der Waals surface area contributed by atoms with Gasteiger partial charge in [-0.3, -0.25) is 14.8 Å². The van der Waals surface area contributed by atoms with Crippen LogP contribution in [-0.2, 0) is 9.59 Å². The minimum atomic E-state index is -0.674. The Hall–Kier alpha value is -3.10. The molecular formula is C18H16ClFN2O5. The van der Waals surface area contributed by atoms with Crippen LogP contribution in [0.1, 0.15) is 5.56 Å². The summed E-state index contributed by atoms with van der Waals surface area (Å²) >= 11 is 5.66. The van der Waals surface area contributed by atoms with Gasteiger partial charge in [-0.1, -0.05) is 17.7 Å². The van der Waals surface area contributed by atoms with Crippen molar-refractivity contribution in [2.45, 2.75) is 0 Å². The Morgan fingerprint density at radius 2 is 2.00 bits per heavy atom. The molecule has 2 aromatic carbocycles. The average Bonchev–Trinajstić information content (AvgIpc) is 2.67. The highest BCUT2D eigenvalue weighted by atomic mass is 35.5. The number of hydrogen-bond donors (Lipinski definition) is 3. The molecule has 2 aromatic rings. The van der Waals surface area contributed by atoms with E-state index in [2.05, 4.69) is 5.32 Å². The van der Waals surface area contributed by atoms with E-state index < -0.39 is 17.6 Å². The van der Waals surface area contributed by atoms with Crippen molar-refractivity contribution in [1.82, 2.24) is 5.48 Å².